The van der Waals surface area contributed by atoms with Crippen molar-refractivity contribution >= 4 is 70.9 Å². The van der Waals surface area contributed by atoms with Crippen molar-refractivity contribution in [2.45, 2.75) is 124 Å². The third-order valence-electron chi connectivity index (χ3n) is 13.9. The summed E-state index contributed by atoms with van der Waals surface area (Å²) in [5.41, 5.74) is -1.97. The smallest absolute Gasteiger partial charge is 0.477 e. The number of aliphatic hydroxyl groups is 6. The van der Waals surface area contributed by atoms with Crippen LogP contribution in [0.2, 0.25) is 0 Å². The zero-order valence-electron chi connectivity index (χ0n) is 49.2. The average Bonchev–Trinajstić information content (AvgIpc) is 0.818. The van der Waals surface area contributed by atoms with Crippen LogP contribution in [0, 0.1) is 0 Å². The number of rotatable bonds is 32. The molecule has 0 spiro atoms. The van der Waals surface area contributed by atoms with Crippen LogP contribution in [-0.4, -0.2) is 223 Å². The molecule has 498 valence electrons. The van der Waals surface area contributed by atoms with Crippen LogP contribution < -0.4 is 61.5 Å². The number of aliphatic carboxylic acids is 2. The number of carboxylic acids is 2. The van der Waals surface area contributed by atoms with Gasteiger partial charge in [0.05, 0.1) is 60.8 Å². The van der Waals surface area contributed by atoms with E-state index in [4.69, 9.17) is 18.9 Å². The molecule has 14 N–H and O–H groups in total. The number of aliphatic hydroxyl groups excluding tert-OH is 6. The van der Waals surface area contributed by atoms with Gasteiger partial charge in [0.25, 0.3) is 35.2 Å². The number of carbonyl (C=O) groups is 8. The van der Waals surface area contributed by atoms with Crippen molar-refractivity contribution in [3.05, 3.63) is 106 Å². The van der Waals surface area contributed by atoms with Crippen LogP contribution >= 0.6 is 23.5 Å². The molecule has 91 heavy (non-hydrogen) atoms. The van der Waals surface area contributed by atoms with Gasteiger partial charge in [-0.2, -0.15) is 49.9 Å². The number of carboxylic acid groups (broad SMARTS) is 2. The number of carbonyl (C=O) groups excluding carboxylic acids is 6. The molecular formula is C56H70F6N6NaO20S2+. The van der Waals surface area contributed by atoms with E-state index in [9.17, 15) is 106 Å². The molecule has 2 aliphatic rings. The predicted octanol–water partition coefficient (Wildman–Crippen LogP) is -2.36. The molecule has 2 saturated heterocycles. The van der Waals surface area contributed by atoms with Crippen LogP contribution in [0.5, 0.6) is 0 Å². The minimum Gasteiger partial charge on any atom is -0.477 e. The van der Waals surface area contributed by atoms with E-state index in [1.54, 1.807) is 0 Å². The van der Waals surface area contributed by atoms with Gasteiger partial charge in [-0.3, -0.25) is 28.8 Å². The minimum absolute atomic E-state index is 0. The zero-order chi connectivity index (χ0) is 66.7. The van der Waals surface area contributed by atoms with Crippen LogP contribution in [0.1, 0.15) is 92.1 Å². The number of alkyl halides is 6. The van der Waals surface area contributed by atoms with Crippen LogP contribution in [0.4, 0.5) is 26.3 Å². The molecule has 5 rings (SSSR count). The number of halogens is 6. The van der Waals surface area contributed by atoms with Crippen molar-refractivity contribution < 1.29 is 154 Å². The Morgan fingerprint density at radius 2 is 0.824 bits per heavy atom. The first-order chi connectivity index (χ1) is 42.3. The van der Waals surface area contributed by atoms with Crippen molar-refractivity contribution in [3.8, 4) is 0 Å². The quantitative estimate of drug-likeness (QED) is 0.0177. The van der Waals surface area contributed by atoms with Crippen LogP contribution in [0.15, 0.2) is 72.8 Å². The van der Waals surface area contributed by atoms with Crippen LogP contribution in [0.25, 0.3) is 0 Å². The van der Waals surface area contributed by atoms with Gasteiger partial charge >= 0.3 is 53.8 Å². The number of hydrogen-bond acceptors (Lipinski definition) is 20. The van der Waals surface area contributed by atoms with E-state index < -0.39 is 169 Å². The van der Waals surface area contributed by atoms with Crippen molar-refractivity contribution in [2.75, 3.05) is 62.4 Å². The molecule has 3 aromatic carbocycles. The number of benzene rings is 3. The molecule has 0 bridgehead atoms. The Kier molecular flexibility index (Phi) is 30.4. The van der Waals surface area contributed by atoms with Gasteiger partial charge in [-0.15, -0.1) is 0 Å². The maximum Gasteiger partial charge on any atom is 1.00 e. The summed E-state index contributed by atoms with van der Waals surface area (Å²) in [7, 11) is 0. The Labute approximate surface area is 546 Å². The average molecular weight is 1350 g/mol. The van der Waals surface area contributed by atoms with Gasteiger partial charge < -0.3 is 91.7 Å². The summed E-state index contributed by atoms with van der Waals surface area (Å²) in [5.74, 6) is -11.3. The van der Waals surface area contributed by atoms with E-state index in [-0.39, 0.29) is 91.0 Å². The number of amides is 6. The van der Waals surface area contributed by atoms with Crippen molar-refractivity contribution in [2.24, 2.45) is 0 Å². The molecule has 2 fully saturated rings. The second-order valence-electron chi connectivity index (χ2n) is 20.7. The van der Waals surface area contributed by atoms with Crippen molar-refractivity contribution in [3.63, 3.8) is 0 Å². The van der Waals surface area contributed by atoms with E-state index in [1.807, 2.05) is 0 Å². The van der Waals surface area contributed by atoms with Gasteiger partial charge in [0.2, 0.25) is 11.8 Å². The van der Waals surface area contributed by atoms with E-state index in [1.165, 1.54) is 47.8 Å². The van der Waals surface area contributed by atoms with Gasteiger partial charge in [0.15, 0.2) is 0 Å². The third-order valence-corrected chi connectivity index (χ3v) is 16.0. The Hall–Kier alpha value is -5.70. The Morgan fingerprint density at radius 1 is 0.527 bits per heavy atom. The molecular weight excluding hydrogens is 1280 g/mol. The van der Waals surface area contributed by atoms with E-state index in [2.05, 4.69) is 31.9 Å². The summed E-state index contributed by atoms with van der Waals surface area (Å²) >= 11 is 2.71. The van der Waals surface area contributed by atoms with Crippen molar-refractivity contribution in [1.29, 1.82) is 0 Å². The molecule has 2 aliphatic heterocycles. The summed E-state index contributed by atoms with van der Waals surface area (Å²) < 4.78 is 100. The monoisotopic (exact) mass is 1350 g/mol. The summed E-state index contributed by atoms with van der Waals surface area (Å²) in [6.07, 6.45) is -25.4. The number of thioether (sulfide) groups is 2. The topological polar surface area (TPSA) is 408 Å². The van der Waals surface area contributed by atoms with Crippen LogP contribution in [-0.2, 0) is 50.5 Å². The molecule has 0 radical (unpaired) electrons. The molecule has 12 atom stereocenters. The normalized spacial score (nSPS) is 23.0. The zero-order valence-corrected chi connectivity index (χ0v) is 52.8. The van der Waals surface area contributed by atoms with Crippen molar-refractivity contribution in [1.82, 2.24) is 31.9 Å². The second-order valence-corrected chi connectivity index (χ2v) is 23.1. The summed E-state index contributed by atoms with van der Waals surface area (Å²) in [6, 6.07) is 9.07. The fraction of sp³-hybridized carbons (Fsp3) is 0.536. The molecule has 35 heteroatoms. The number of nitrogens with one attached hydrogen (secondary N) is 6. The first kappa shape index (κ1) is 77.7. The van der Waals surface area contributed by atoms with Gasteiger partial charge in [0.1, 0.15) is 24.4 Å². The molecule has 6 amide bonds. The predicted molar refractivity (Wildman–Crippen MR) is 305 cm³/mol. The first-order valence-corrected chi connectivity index (χ1v) is 30.1. The summed E-state index contributed by atoms with van der Waals surface area (Å²) in [4.78, 5) is 100. The van der Waals surface area contributed by atoms with Gasteiger partial charge in [-0.25, -0.2) is 9.59 Å². The number of hydrogen-bond donors (Lipinski definition) is 14. The molecule has 0 aliphatic carbocycles. The molecule has 2 unspecified atom stereocenters. The maximum atomic E-state index is 13.0. The number of ether oxygens (including phenoxy) is 4. The van der Waals surface area contributed by atoms with Gasteiger partial charge in [0, 0.05) is 86.6 Å². The molecule has 0 saturated carbocycles. The molecule has 26 nitrogen and oxygen atoms in total. The van der Waals surface area contributed by atoms with Gasteiger partial charge in [-0.1, -0.05) is 0 Å². The molecule has 0 aromatic heterocycles. The SMILES string of the molecule is CC(=O)N[C@@H]1[C@@H](O)C[C@](OCCCSCCNC(=O)c2ccc(C(=O)NCCSCCCO[C@]3(C(=O)O)C[C@H](O)[C@@H](NC(C)=O)[C@H](C(O)[C@H](O)CNC(=O)c4ccc(C(F)(F)F)cc4)O3)cc2)(C(=O)O)O[C@H]1C(O)[C@H](O)CNC(=O)c1ccc(C(F)(F)F)cc1.[Na+]. The van der Waals surface area contributed by atoms with E-state index >= 15 is 0 Å². The minimum atomic E-state index is -4.66. The van der Waals surface area contributed by atoms with E-state index in [0.29, 0.717) is 47.3 Å². The third kappa shape index (κ3) is 22.8. The Balaban J connectivity index is 0.0000177. The Morgan fingerprint density at radius 3 is 1.11 bits per heavy atom. The fourth-order valence-corrected chi connectivity index (χ4v) is 10.8. The van der Waals surface area contributed by atoms with Crippen LogP contribution in [0.3, 0.4) is 0 Å². The Bertz CT molecular complexity index is 2740. The van der Waals surface area contributed by atoms with Gasteiger partial charge in [-0.05, 0) is 97.1 Å². The summed E-state index contributed by atoms with van der Waals surface area (Å²) in [5, 5.41) is 101. The molecule has 3 aromatic rings. The second kappa shape index (κ2) is 35.5. The standard InChI is InChI=1S/C56H70F6N6O20S2.Na/c1-29(69)67-41-37(71)25-53(51(81)82,87-45(41)43(75)39(73)27-65-49(79)33-9-13-35(14-10-33)55(57,58)59)85-19-3-21-89-23-17-63-47(77)31-5-7-32(8-6-31)48(78)64-18-24-90-22-4-20-86-54(52(83)84)26-38(72)42(68-30(2)70)46(88-54)44(76)40(74)28-66-50(80)34-11-15-36(16-12-34)56(60,61)62;/h5-16,37-46,71-76H,3-4,17-28H2,1-2H3,(H,63,77)(H,64,78)(H,65,79)(H,66,80)(H,67,69)(H,68,70)(H,81,82)(H,83,84);/q;+1/t37-,38-,39+,40+,41+,42+,43?,44?,45+,46+,53+,54+;/m0./s1. The fourth-order valence-electron chi connectivity index (χ4n) is 9.25. The summed E-state index contributed by atoms with van der Waals surface area (Å²) in [6.45, 7) is 0.555. The van der Waals surface area contributed by atoms with E-state index in [0.717, 1.165) is 38.1 Å². The molecule has 2 heterocycles. The maximum absolute atomic E-state index is 13.0. The first-order valence-electron chi connectivity index (χ1n) is 27.7. The largest absolute Gasteiger partial charge is 1.00 e.